The molecular weight excluding hydrogens is 316 g/mol. The smallest absolute Gasteiger partial charge is 0.272 e. The van der Waals surface area contributed by atoms with Crippen LogP contribution in [0.5, 0.6) is 0 Å². The molecule has 3 aromatic heterocycles. The standard InChI is InChI=1S/C12H9ClN4OS2/c1-16-4-6-19-11(16)14-9(18)3-2-8-10(13)15-12-17(8)5-7-20-12/h2-7H,1H3/b3-2+,14-11?. The van der Waals surface area contributed by atoms with Crippen LogP contribution in [0.1, 0.15) is 5.69 Å². The second-order valence-corrected chi connectivity index (χ2v) is 6.03. The summed E-state index contributed by atoms with van der Waals surface area (Å²) in [5.41, 5.74) is 0.682. The fourth-order valence-corrected chi connectivity index (χ4v) is 3.38. The normalized spacial score (nSPS) is 12.8. The van der Waals surface area contributed by atoms with Crippen LogP contribution in [-0.4, -0.2) is 19.9 Å². The van der Waals surface area contributed by atoms with Gasteiger partial charge in [-0.2, -0.15) is 4.99 Å². The van der Waals surface area contributed by atoms with E-state index < -0.39 is 0 Å². The molecule has 0 radical (unpaired) electrons. The van der Waals surface area contributed by atoms with E-state index in [0.717, 1.165) is 4.96 Å². The topological polar surface area (TPSA) is 51.7 Å². The maximum atomic E-state index is 11.8. The second-order valence-electron chi connectivity index (χ2n) is 3.92. The summed E-state index contributed by atoms with van der Waals surface area (Å²) in [6.07, 6.45) is 6.74. The molecule has 20 heavy (non-hydrogen) atoms. The molecule has 3 aromatic rings. The minimum atomic E-state index is -0.329. The zero-order chi connectivity index (χ0) is 14.1. The van der Waals surface area contributed by atoms with Gasteiger partial charge in [-0.15, -0.1) is 22.7 Å². The summed E-state index contributed by atoms with van der Waals surface area (Å²) in [5.74, 6) is -0.329. The highest BCUT2D eigenvalue weighted by Crippen LogP contribution is 2.22. The molecule has 0 spiro atoms. The van der Waals surface area contributed by atoms with Gasteiger partial charge in [0.1, 0.15) is 0 Å². The Morgan fingerprint density at radius 3 is 2.95 bits per heavy atom. The second kappa shape index (κ2) is 5.35. The van der Waals surface area contributed by atoms with Crippen molar-refractivity contribution < 1.29 is 4.79 Å². The number of halogens is 1. The number of nitrogens with zero attached hydrogens (tertiary/aromatic N) is 4. The molecule has 0 unspecified atom stereocenters. The number of rotatable bonds is 2. The van der Waals surface area contributed by atoms with E-state index in [0.29, 0.717) is 15.6 Å². The maximum Gasteiger partial charge on any atom is 0.272 e. The minimum absolute atomic E-state index is 0.329. The lowest BCUT2D eigenvalue weighted by atomic mass is 10.4. The highest BCUT2D eigenvalue weighted by molar-refractivity contribution is 7.15. The number of hydrogen-bond donors (Lipinski definition) is 0. The zero-order valence-corrected chi connectivity index (χ0v) is 12.7. The Kier molecular flexibility index (Phi) is 3.56. The Morgan fingerprint density at radius 2 is 2.20 bits per heavy atom. The van der Waals surface area contributed by atoms with Crippen LogP contribution in [0.25, 0.3) is 11.0 Å². The molecule has 0 aliphatic carbocycles. The van der Waals surface area contributed by atoms with Crippen molar-refractivity contribution in [1.29, 1.82) is 0 Å². The SMILES string of the molecule is Cn1ccsc1=NC(=O)/C=C/c1c(Cl)nc2sccn12. The third-order valence-electron chi connectivity index (χ3n) is 2.60. The van der Waals surface area contributed by atoms with Gasteiger partial charge in [0, 0.05) is 36.3 Å². The summed E-state index contributed by atoms with van der Waals surface area (Å²) >= 11 is 8.93. The molecular formula is C12H9ClN4OS2. The van der Waals surface area contributed by atoms with E-state index in [-0.39, 0.29) is 5.91 Å². The largest absolute Gasteiger partial charge is 0.327 e. The average Bonchev–Trinajstić information content (AvgIpc) is 3.06. The van der Waals surface area contributed by atoms with Crippen LogP contribution in [-0.2, 0) is 11.8 Å². The summed E-state index contributed by atoms with van der Waals surface area (Å²) in [6, 6.07) is 0. The highest BCUT2D eigenvalue weighted by atomic mass is 35.5. The van der Waals surface area contributed by atoms with Crippen LogP contribution in [0, 0.1) is 0 Å². The van der Waals surface area contributed by atoms with Gasteiger partial charge in [-0.3, -0.25) is 9.20 Å². The van der Waals surface area contributed by atoms with Gasteiger partial charge in [0.25, 0.3) is 5.91 Å². The maximum absolute atomic E-state index is 11.8. The number of amides is 1. The monoisotopic (exact) mass is 324 g/mol. The molecule has 3 rings (SSSR count). The molecule has 0 N–H and O–H groups in total. The molecule has 0 fully saturated rings. The fourth-order valence-electron chi connectivity index (χ4n) is 1.64. The van der Waals surface area contributed by atoms with Crippen molar-refractivity contribution in [3.63, 3.8) is 0 Å². The van der Waals surface area contributed by atoms with Crippen molar-refractivity contribution in [1.82, 2.24) is 14.0 Å². The molecule has 0 aromatic carbocycles. The van der Waals surface area contributed by atoms with Crippen molar-refractivity contribution in [3.05, 3.63) is 44.9 Å². The zero-order valence-electron chi connectivity index (χ0n) is 10.4. The molecule has 0 aliphatic heterocycles. The lowest BCUT2D eigenvalue weighted by molar-refractivity contribution is -0.113. The van der Waals surface area contributed by atoms with Gasteiger partial charge in [-0.25, -0.2) is 4.98 Å². The number of aromatic nitrogens is 3. The molecule has 0 atom stereocenters. The van der Waals surface area contributed by atoms with Crippen molar-refractivity contribution in [3.8, 4) is 0 Å². The summed E-state index contributed by atoms with van der Waals surface area (Å²) < 4.78 is 3.63. The predicted octanol–water partition coefficient (Wildman–Crippen LogP) is 2.59. The van der Waals surface area contributed by atoms with E-state index in [1.54, 1.807) is 10.6 Å². The lowest BCUT2D eigenvalue weighted by Crippen LogP contribution is -2.11. The molecule has 5 nitrogen and oxygen atoms in total. The minimum Gasteiger partial charge on any atom is -0.327 e. The van der Waals surface area contributed by atoms with Crippen molar-refractivity contribution in [2.45, 2.75) is 0 Å². The summed E-state index contributed by atoms with van der Waals surface area (Å²) in [4.78, 5) is 21.5. The van der Waals surface area contributed by atoms with Gasteiger partial charge in [0.05, 0.1) is 5.69 Å². The summed E-state index contributed by atoms with van der Waals surface area (Å²) in [6.45, 7) is 0. The molecule has 3 heterocycles. The Hall–Kier alpha value is -1.70. The fraction of sp³-hybridized carbons (Fsp3) is 0.0833. The van der Waals surface area contributed by atoms with Gasteiger partial charge in [0.15, 0.2) is 14.9 Å². The summed E-state index contributed by atoms with van der Waals surface area (Å²) in [7, 11) is 1.84. The van der Waals surface area contributed by atoms with Gasteiger partial charge < -0.3 is 4.57 Å². The Bertz CT molecular complexity index is 867. The van der Waals surface area contributed by atoms with Gasteiger partial charge in [0.2, 0.25) is 0 Å². The first kappa shape index (κ1) is 13.3. The van der Waals surface area contributed by atoms with E-state index in [1.807, 2.05) is 34.6 Å². The third-order valence-corrected chi connectivity index (χ3v) is 4.49. The van der Waals surface area contributed by atoms with E-state index in [9.17, 15) is 4.79 Å². The molecule has 0 saturated carbocycles. The van der Waals surface area contributed by atoms with Crippen molar-refractivity contribution in [2.75, 3.05) is 0 Å². The van der Waals surface area contributed by atoms with E-state index in [1.165, 1.54) is 28.7 Å². The molecule has 1 amide bonds. The molecule has 0 bridgehead atoms. The number of imidazole rings is 1. The quantitative estimate of drug-likeness (QED) is 0.680. The Balaban J connectivity index is 1.91. The van der Waals surface area contributed by atoms with Crippen molar-refractivity contribution >= 4 is 51.2 Å². The number of carbonyl (C=O) groups is 1. The van der Waals surface area contributed by atoms with Crippen LogP contribution < -0.4 is 4.80 Å². The van der Waals surface area contributed by atoms with Crippen LogP contribution in [0.2, 0.25) is 5.15 Å². The number of aryl methyl sites for hydroxylation is 1. The first-order valence-corrected chi connectivity index (χ1v) is 7.77. The predicted molar refractivity (Wildman–Crippen MR) is 81.0 cm³/mol. The highest BCUT2D eigenvalue weighted by Gasteiger charge is 2.08. The first-order valence-electron chi connectivity index (χ1n) is 5.63. The van der Waals surface area contributed by atoms with Crippen molar-refractivity contribution in [2.24, 2.45) is 12.0 Å². The summed E-state index contributed by atoms with van der Waals surface area (Å²) in [5, 5.41) is 4.16. The van der Waals surface area contributed by atoms with Crippen LogP contribution in [0.3, 0.4) is 0 Å². The van der Waals surface area contributed by atoms with Crippen LogP contribution >= 0.6 is 34.3 Å². The average molecular weight is 325 g/mol. The Labute approximate surface area is 127 Å². The van der Waals surface area contributed by atoms with E-state index in [4.69, 9.17) is 11.6 Å². The lowest BCUT2D eigenvalue weighted by Gasteiger charge is -1.91. The van der Waals surface area contributed by atoms with Gasteiger partial charge >= 0.3 is 0 Å². The molecule has 102 valence electrons. The van der Waals surface area contributed by atoms with Crippen LogP contribution in [0.15, 0.2) is 34.2 Å². The van der Waals surface area contributed by atoms with Gasteiger partial charge in [-0.05, 0) is 6.08 Å². The molecule has 0 saturated heterocycles. The van der Waals surface area contributed by atoms with Gasteiger partial charge in [-0.1, -0.05) is 11.6 Å². The van der Waals surface area contributed by atoms with E-state index >= 15 is 0 Å². The van der Waals surface area contributed by atoms with E-state index in [2.05, 4.69) is 9.98 Å². The number of hydrogen-bond acceptors (Lipinski definition) is 4. The number of carbonyl (C=O) groups excluding carboxylic acids is 1. The van der Waals surface area contributed by atoms with Crippen LogP contribution in [0.4, 0.5) is 0 Å². The third kappa shape index (κ3) is 2.47. The number of thiazole rings is 2. The molecule has 0 aliphatic rings. The Morgan fingerprint density at radius 1 is 1.40 bits per heavy atom. The number of fused-ring (bicyclic) bond motifs is 1. The first-order chi connectivity index (χ1) is 9.65. The molecule has 8 heteroatoms.